The standard InChI is InChI=1S/C16H25NO2/c1-3-5-7-14(17-4-2)13-8-9-15-16(12-13)19-11-6-10-18-15/h8-9,12,14,17H,3-7,10-11H2,1-2H3. The van der Waals surface area contributed by atoms with E-state index >= 15 is 0 Å². The molecule has 0 spiro atoms. The Hall–Kier alpha value is -1.22. The van der Waals surface area contributed by atoms with Crippen LogP contribution in [0, 0.1) is 0 Å². The fourth-order valence-corrected chi connectivity index (χ4v) is 2.44. The van der Waals surface area contributed by atoms with Gasteiger partial charge in [0.2, 0.25) is 0 Å². The second-order valence-electron chi connectivity index (χ2n) is 5.01. The lowest BCUT2D eigenvalue weighted by molar-refractivity contribution is 0.297. The van der Waals surface area contributed by atoms with Crippen molar-refractivity contribution in [2.45, 2.75) is 45.6 Å². The quantitative estimate of drug-likeness (QED) is 0.849. The summed E-state index contributed by atoms with van der Waals surface area (Å²) in [6.07, 6.45) is 4.60. The third kappa shape index (κ3) is 3.87. The number of rotatable bonds is 6. The van der Waals surface area contributed by atoms with Crippen molar-refractivity contribution < 1.29 is 9.47 Å². The van der Waals surface area contributed by atoms with Crippen molar-refractivity contribution in [1.82, 2.24) is 5.32 Å². The van der Waals surface area contributed by atoms with E-state index < -0.39 is 0 Å². The van der Waals surface area contributed by atoms with Crippen molar-refractivity contribution in [3.8, 4) is 11.5 Å². The van der Waals surface area contributed by atoms with Gasteiger partial charge in [0.25, 0.3) is 0 Å². The van der Waals surface area contributed by atoms with Gasteiger partial charge < -0.3 is 14.8 Å². The van der Waals surface area contributed by atoms with Gasteiger partial charge in [0, 0.05) is 12.5 Å². The summed E-state index contributed by atoms with van der Waals surface area (Å²) >= 11 is 0. The van der Waals surface area contributed by atoms with Crippen LogP contribution in [0.25, 0.3) is 0 Å². The van der Waals surface area contributed by atoms with Crippen LogP contribution in [-0.2, 0) is 0 Å². The first kappa shape index (κ1) is 14.2. The number of benzene rings is 1. The largest absolute Gasteiger partial charge is 0.490 e. The minimum Gasteiger partial charge on any atom is -0.490 e. The maximum Gasteiger partial charge on any atom is 0.161 e. The van der Waals surface area contributed by atoms with Crippen LogP contribution in [0.4, 0.5) is 0 Å². The summed E-state index contributed by atoms with van der Waals surface area (Å²) < 4.78 is 11.4. The van der Waals surface area contributed by atoms with E-state index in [9.17, 15) is 0 Å². The minimum atomic E-state index is 0.419. The van der Waals surface area contributed by atoms with Gasteiger partial charge in [-0.3, -0.25) is 0 Å². The highest BCUT2D eigenvalue weighted by Gasteiger charge is 2.15. The predicted octanol–water partition coefficient (Wildman–Crippen LogP) is 3.69. The normalized spacial score (nSPS) is 15.9. The SMILES string of the molecule is CCCCC(NCC)c1ccc2c(c1)OCCCO2. The lowest BCUT2D eigenvalue weighted by Gasteiger charge is -2.19. The van der Waals surface area contributed by atoms with E-state index in [0.29, 0.717) is 6.04 Å². The van der Waals surface area contributed by atoms with Crippen LogP contribution in [0.1, 0.15) is 51.1 Å². The van der Waals surface area contributed by atoms with Crippen molar-refractivity contribution in [3.05, 3.63) is 23.8 Å². The van der Waals surface area contributed by atoms with Crippen LogP contribution < -0.4 is 14.8 Å². The molecule has 1 aliphatic heterocycles. The van der Waals surface area contributed by atoms with Gasteiger partial charge in [-0.05, 0) is 30.7 Å². The van der Waals surface area contributed by atoms with E-state index in [0.717, 1.165) is 37.7 Å². The Labute approximate surface area is 116 Å². The zero-order chi connectivity index (χ0) is 13.5. The topological polar surface area (TPSA) is 30.5 Å². The first-order valence-electron chi connectivity index (χ1n) is 7.48. The van der Waals surface area contributed by atoms with Gasteiger partial charge >= 0.3 is 0 Å². The average Bonchev–Trinajstić information content (AvgIpc) is 2.67. The van der Waals surface area contributed by atoms with Crippen molar-refractivity contribution in [2.24, 2.45) is 0 Å². The van der Waals surface area contributed by atoms with Crippen molar-refractivity contribution in [2.75, 3.05) is 19.8 Å². The first-order chi connectivity index (χ1) is 9.35. The summed E-state index contributed by atoms with van der Waals surface area (Å²) in [4.78, 5) is 0. The molecule has 0 aliphatic carbocycles. The summed E-state index contributed by atoms with van der Waals surface area (Å²) in [5, 5.41) is 3.56. The van der Waals surface area contributed by atoms with Gasteiger partial charge in [0.05, 0.1) is 13.2 Å². The van der Waals surface area contributed by atoms with Gasteiger partial charge in [-0.2, -0.15) is 0 Å². The zero-order valence-corrected chi connectivity index (χ0v) is 12.1. The molecule has 0 fully saturated rings. The third-order valence-corrected chi connectivity index (χ3v) is 3.47. The molecule has 0 radical (unpaired) electrons. The smallest absolute Gasteiger partial charge is 0.161 e. The predicted molar refractivity (Wildman–Crippen MR) is 78.0 cm³/mol. The third-order valence-electron chi connectivity index (χ3n) is 3.47. The lowest BCUT2D eigenvalue weighted by atomic mass is 10.0. The molecule has 0 amide bonds. The molecule has 0 saturated heterocycles. The molecule has 106 valence electrons. The van der Waals surface area contributed by atoms with Crippen LogP contribution >= 0.6 is 0 Å². The average molecular weight is 263 g/mol. The molecule has 19 heavy (non-hydrogen) atoms. The highest BCUT2D eigenvalue weighted by molar-refractivity contribution is 5.44. The van der Waals surface area contributed by atoms with E-state index in [1.54, 1.807) is 0 Å². The molecular formula is C16H25NO2. The molecule has 1 aromatic carbocycles. The number of unbranched alkanes of at least 4 members (excludes halogenated alkanes) is 1. The summed E-state index contributed by atoms with van der Waals surface area (Å²) in [5.41, 5.74) is 1.31. The number of ether oxygens (including phenoxy) is 2. The van der Waals surface area contributed by atoms with Gasteiger partial charge in [0.1, 0.15) is 0 Å². The molecule has 1 heterocycles. The van der Waals surface area contributed by atoms with Crippen molar-refractivity contribution >= 4 is 0 Å². The molecule has 1 aromatic rings. The van der Waals surface area contributed by atoms with Gasteiger partial charge in [-0.1, -0.05) is 32.8 Å². The molecule has 1 N–H and O–H groups in total. The Morgan fingerprint density at radius 3 is 2.68 bits per heavy atom. The van der Waals surface area contributed by atoms with E-state index in [1.165, 1.54) is 24.8 Å². The fourth-order valence-electron chi connectivity index (χ4n) is 2.44. The maximum atomic E-state index is 5.77. The van der Waals surface area contributed by atoms with Gasteiger partial charge in [-0.15, -0.1) is 0 Å². The second kappa shape index (κ2) is 7.39. The number of fused-ring (bicyclic) bond motifs is 1. The van der Waals surface area contributed by atoms with Gasteiger partial charge in [0.15, 0.2) is 11.5 Å². The maximum absolute atomic E-state index is 5.77. The summed E-state index contributed by atoms with van der Waals surface area (Å²) in [6, 6.07) is 6.77. The molecule has 3 heteroatoms. The number of hydrogen-bond donors (Lipinski definition) is 1. The highest BCUT2D eigenvalue weighted by atomic mass is 16.5. The summed E-state index contributed by atoms with van der Waals surface area (Å²) in [5.74, 6) is 1.78. The van der Waals surface area contributed by atoms with Crippen LogP contribution in [0.3, 0.4) is 0 Å². The Morgan fingerprint density at radius 2 is 1.95 bits per heavy atom. The molecule has 0 bridgehead atoms. The molecule has 0 aromatic heterocycles. The van der Waals surface area contributed by atoms with E-state index in [-0.39, 0.29) is 0 Å². The van der Waals surface area contributed by atoms with Crippen molar-refractivity contribution in [3.63, 3.8) is 0 Å². The van der Waals surface area contributed by atoms with E-state index in [2.05, 4.69) is 31.3 Å². The van der Waals surface area contributed by atoms with E-state index in [4.69, 9.17) is 9.47 Å². The molecular weight excluding hydrogens is 238 g/mol. The van der Waals surface area contributed by atoms with Crippen molar-refractivity contribution in [1.29, 1.82) is 0 Å². The lowest BCUT2D eigenvalue weighted by Crippen LogP contribution is -2.20. The number of hydrogen-bond acceptors (Lipinski definition) is 3. The van der Waals surface area contributed by atoms with Crippen LogP contribution in [0.2, 0.25) is 0 Å². The first-order valence-corrected chi connectivity index (χ1v) is 7.48. The minimum absolute atomic E-state index is 0.419. The van der Waals surface area contributed by atoms with E-state index in [1.807, 2.05) is 6.07 Å². The molecule has 1 unspecified atom stereocenters. The molecule has 2 rings (SSSR count). The highest BCUT2D eigenvalue weighted by Crippen LogP contribution is 2.33. The monoisotopic (exact) mass is 263 g/mol. The summed E-state index contributed by atoms with van der Waals surface area (Å²) in [7, 11) is 0. The van der Waals surface area contributed by atoms with Gasteiger partial charge in [-0.25, -0.2) is 0 Å². The molecule has 1 aliphatic rings. The molecule has 0 saturated carbocycles. The fraction of sp³-hybridized carbons (Fsp3) is 0.625. The Bertz CT molecular complexity index is 392. The van der Waals surface area contributed by atoms with Crippen LogP contribution in [-0.4, -0.2) is 19.8 Å². The zero-order valence-electron chi connectivity index (χ0n) is 12.1. The Morgan fingerprint density at radius 1 is 1.16 bits per heavy atom. The second-order valence-corrected chi connectivity index (χ2v) is 5.01. The van der Waals surface area contributed by atoms with Crippen LogP contribution in [0.15, 0.2) is 18.2 Å². The van der Waals surface area contributed by atoms with Crippen LogP contribution in [0.5, 0.6) is 11.5 Å². The Kier molecular flexibility index (Phi) is 5.52. The number of nitrogens with one attached hydrogen (secondary N) is 1. The summed E-state index contributed by atoms with van der Waals surface area (Å²) in [6.45, 7) is 6.87. The molecule has 1 atom stereocenters. The Balaban J connectivity index is 2.15. The molecule has 3 nitrogen and oxygen atoms in total.